The van der Waals surface area contributed by atoms with Crippen molar-refractivity contribution in [2.24, 2.45) is 0 Å². The van der Waals surface area contributed by atoms with Gasteiger partial charge in [-0.25, -0.2) is 18.2 Å². The maximum atomic E-state index is 14.2. The molecule has 0 bridgehead atoms. The average Bonchev–Trinajstić information content (AvgIpc) is 3.08. The molecule has 1 aliphatic rings. The third-order valence-electron chi connectivity index (χ3n) is 7.64. The summed E-state index contributed by atoms with van der Waals surface area (Å²) in [4.78, 5) is 29.1. The van der Waals surface area contributed by atoms with Crippen LogP contribution < -0.4 is 20.1 Å². The second kappa shape index (κ2) is 14.2. The summed E-state index contributed by atoms with van der Waals surface area (Å²) in [6.45, 7) is 1.76. The van der Waals surface area contributed by atoms with Crippen LogP contribution >= 0.6 is 15.9 Å². The lowest BCUT2D eigenvalue weighted by Crippen LogP contribution is -2.39. The largest absolute Gasteiger partial charge is 0.496 e. The van der Waals surface area contributed by atoms with Crippen LogP contribution in [0, 0.1) is 0 Å². The first kappa shape index (κ1) is 32.1. The van der Waals surface area contributed by atoms with Gasteiger partial charge in [-0.15, -0.1) is 0 Å². The summed E-state index contributed by atoms with van der Waals surface area (Å²) in [6.07, 6.45) is 3.24. The van der Waals surface area contributed by atoms with Gasteiger partial charge in [-0.1, -0.05) is 46.3 Å². The molecule has 11 heteroatoms. The number of halogens is 1. The number of esters is 1. The first-order valence-corrected chi connectivity index (χ1v) is 16.8. The highest BCUT2D eigenvalue weighted by Crippen LogP contribution is 2.34. The van der Waals surface area contributed by atoms with Crippen LogP contribution in [0.5, 0.6) is 5.75 Å². The summed E-state index contributed by atoms with van der Waals surface area (Å²) >= 11 is 3.51. The Morgan fingerprint density at radius 2 is 1.51 bits per heavy atom. The molecular weight excluding hydrogens is 658 g/mol. The monoisotopic (exact) mass is 691 g/mol. The summed E-state index contributed by atoms with van der Waals surface area (Å²) < 4.78 is 37.2. The van der Waals surface area contributed by atoms with E-state index in [4.69, 9.17) is 9.47 Å². The van der Waals surface area contributed by atoms with Crippen LogP contribution in [-0.4, -0.2) is 47.6 Å². The minimum absolute atomic E-state index is 0.0415. The fraction of sp³-hybridized carbons (Fsp3) is 0.235. The van der Waals surface area contributed by atoms with Crippen molar-refractivity contribution in [3.8, 4) is 5.75 Å². The van der Waals surface area contributed by atoms with Crippen molar-refractivity contribution in [2.75, 3.05) is 42.6 Å². The topological polar surface area (TPSA) is 105 Å². The van der Waals surface area contributed by atoms with E-state index >= 15 is 0 Å². The lowest BCUT2D eigenvalue weighted by Gasteiger charge is -2.34. The molecule has 0 saturated carbocycles. The first-order valence-electron chi connectivity index (χ1n) is 14.5. The summed E-state index contributed by atoms with van der Waals surface area (Å²) in [6, 6.07) is 25.5. The van der Waals surface area contributed by atoms with E-state index in [1.165, 1.54) is 31.4 Å². The predicted molar refractivity (Wildman–Crippen MR) is 178 cm³/mol. The van der Waals surface area contributed by atoms with E-state index in [1.54, 1.807) is 54.6 Å². The van der Waals surface area contributed by atoms with Crippen molar-refractivity contribution in [3.05, 3.63) is 107 Å². The lowest BCUT2D eigenvalue weighted by atomic mass is 10.1. The number of carbonyl (C=O) groups is 2. The second-order valence-electron chi connectivity index (χ2n) is 10.5. The van der Waals surface area contributed by atoms with Gasteiger partial charge in [0.1, 0.15) is 11.3 Å². The molecule has 0 unspecified atom stereocenters. The Morgan fingerprint density at radius 3 is 2.18 bits per heavy atom. The number of amides is 1. The van der Waals surface area contributed by atoms with E-state index < -0.39 is 15.8 Å². The van der Waals surface area contributed by atoms with Crippen LogP contribution in [0.4, 0.5) is 17.1 Å². The first-order chi connectivity index (χ1) is 21.7. The zero-order chi connectivity index (χ0) is 32.0. The molecule has 0 aromatic heterocycles. The number of rotatable bonds is 10. The van der Waals surface area contributed by atoms with Gasteiger partial charge in [-0.2, -0.15) is 0 Å². The van der Waals surface area contributed by atoms with Crippen molar-refractivity contribution in [3.63, 3.8) is 0 Å². The van der Waals surface area contributed by atoms with Crippen LogP contribution in [0.25, 0.3) is 0 Å². The molecule has 1 N–H and O–H groups in total. The molecule has 1 aliphatic heterocycles. The third-order valence-corrected chi connectivity index (χ3v) is 10.2. The normalized spacial score (nSPS) is 13.2. The SMILES string of the molecule is COC(=O)c1cc(Br)c(CC(=O)N(Nc2ccc(S(=O)(=O)c3ccccc3)cc2)c2ccccc2N2CCCCC2)cc1OC. The Labute approximate surface area is 271 Å². The highest BCUT2D eigenvalue weighted by Gasteiger charge is 2.25. The zero-order valence-electron chi connectivity index (χ0n) is 25.0. The van der Waals surface area contributed by atoms with E-state index in [-0.39, 0.29) is 33.4 Å². The Bertz CT molecular complexity index is 1780. The Hall–Kier alpha value is -4.35. The number of sulfone groups is 1. The lowest BCUT2D eigenvalue weighted by molar-refractivity contribution is -0.117. The number of benzene rings is 4. The maximum Gasteiger partial charge on any atom is 0.341 e. The zero-order valence-corrected chi connectivity index (χ0v) is 27.4. The van der Waals surface area contributed by atoms with Gasteiger partial charge in [0.25, 0.3) is 0 Å². The average molecular weight is 693 g/mol. The third kappa shape index (κ3) is 7.15. The van der Waals surface area contributed by atoms with Gasteiger partial charge in [0, 0.05) is 17.6 Å². The molecule has 4 aromatic rings. The molecule has 4 aromatic carbocycles. The van der Waals surface area contributed by atoms with Crippen molar-refractivity contribution < 1.29 is 27.5 Å². The summed E-state index contributed by atoms with van der Waals surface area (Å²) in [5, 5.41) is 1.50. The minimum atomic E-state index is -3.70. The molecular formula is C34H34BrN3O6S. The smallest absolute Gasteiger partial charge is 0.341 e. The van der Waals surface area contributed by atoms with E-state index in [9.17, 15) is 18.0 Å². The number of hydrogen-bond acceptors (Lipinski definition) is 8. The number of carbonyl (C=O) groups excluding carboxylic acids is 2. The second-order valence-corrected chi connectivity index (χ2v) is 13.3. The van der Waals surface area contributed by atoms with Crippen LogP contribution in [0.3, 0.4) is 0 Å². The number of nitrogens with one attached hydrogen (secondary N) is 1. The summed E-state index contributed by atoms with van der Waals surface area (Å²) in [5.74, 6) is -0.549. The van der Waals surface area contributed by atoms with E-state index in [1.807, 2.05) is 24.3 Å². The Balaban J connectivity index is 1.50. The molecule has 234 valence electrons. The molecule has 5 rings (SSSR count). The van der Waals surface area contributed by atoms with Crippen molar-refractivity contribution in [1.82, 2.24) is 0 Å². The number of hydrazine groups is 1. The van der Waals surface area contributed by atoms with Gasteiger partial charge in [0.05, 0.1) is 47.5 Å². The highest BCUT2D eigenvalue weighted by molar-refractivity contribution is 9.10. The predicted octanol–water partition coefficient (Wildman–Crippen LogP) is 6.67. The van der Waals surface area contributed by atoms with Crippen molar-refractivity contribution in [2.45, 2.75) is 35.5 Å². The summed E-state index contributed by atoms with van der Waals surface area (Å²) in [7, 11) is -0.961. The molecule has 1 amide bonds. The Morgan fingerprint density at radius 1 is 0.867 bits per heavy atom. The van der Waals surface area contributed by atoms with E-state index in [0.29, 0.717) is 21.4 Å². The van der Waals surface area contributed by atoms with Gasteiger partial charge in [0.2, 0.25) is 15.7 Å². The number of hydrogen-bond donors (Lipinski definition) is 1. The fourth-order valence-corrected chi connectivity index (χ4v) is 7.06. The molecule has 1 heterocycles. The van der Waals surface area contributed by atoms with Gasteiger partial charge < -0.3 is 14.4 Å². The van der Waals surface area contributed by atoms with Gasteiger partial charge in [-0.3, -0.25) is 10.2 Å². The molecule has 1 fully saturated rings. The van der Waals surface area contributed by atoms with Crippen LogP contribution in [0.15, 0.2) is 105 Å². The number of para-hydroxylation sites is 2. The number of methoxy groups -OCH3 is 2. The molecule has 9 nitrogen and oxygen atoms in total. The van der Waals surface area contributed by atoms with Gasteiger partial charge in [-0.05, 0) is 85.5 Å². The number of piperidine rings is 1. The number of ether oxygens (including phenoxy) is 2. The quantitative estimate of drug-likeness (QED) is 0.145. The summed E-state index contributed by atoms with van der Waals surface area (Å²) in [5.41, 5.74) is 6.20. The number of anilines is 3. The molecule has 0 spiro atoms. The standard InChI is InChI=1S/C34H34BrN3O6S/c1-43-32-21-24(29(35)23-28(32)34(40)44-2)22-33(39)38(31-14-8-7-13-30(31)37-19-9-4-10-20-37)36-25-15-17-27(18-16-25)45(41,42)26-11-5-3-6-12-26/h3,5-8,11-18,21,23,36H,4,9-10,19-20,22H2,1-2H3. The fourth-order valence-electron chi connectivity index (χ4n) is 5.30. The molecule has 0 radical (unpaired) electrons. The van der Waals surface area contributed by atoms with Crippen LogP contribution in [0.2, 0.25) is 0 Å². The van der Waals surface area contributed by atoms with E-state index in [2.05, 4.69) is 26.3 Å². The van der Waals surface area contributed by atoms with E-state index in [0.717, 1.165) is 38.0 Å². The van der Waals surface area contributed by atoms with Crippen LogP contribution in [0.1, 0.15) is 35.2 Å². The molecule has 0 atom stereocenters. The highest BCUT2D eigenvalue weighted by atomic mass is 79.9. The van der Waals surface area contributed by atoms with Gasteiger partial charge >= 0.3 is 5.97 Å². The minimum Gasteiger partial charge on any atom is -0.496 e. The van der Waals surface area contributed by atoms with Crippen LogP contribution in [-0.2, 0) is 25.8 Å². The van der Waals surface area contributed by atoms with Crippen molar-refractivity contribution in [1.29, 1.82) is 0 Å². The molecule has 0 aliphatic carbocycles. The number of nitrogens with zero attached hydrogens (tertiary/aromatic N) is 2. The molecule has 45 heavy (non-hydrogen) atoms. The van der Waals surface area contributed by atoms with Crippen molar-refractivity contribution >= 4 is 54.7 Å². The maximum absolute atomic E-state index is 14.2. The van der Waals surface area contributed by atoms with Gasteiger partial charge in [0.15, 0.2) is 0 Å². The Kier molecular flexibility index (Phi) is 10.1. The molecule has 1 saturated heterocycles.